The minimum atomic E-state index is 0.575. The van der Waals surface area contributed by atoms with Gasteiger partial charge in [-0.15, -0.1) is 0 Å². The summed E-state index contributed by atoms with van der Waals surface area (Å²) in [6.45, 7) is 1.16. The molecule has 0 aliphatic carbocycles. The van der Waals surface area contributed by atoms with Gasteiger partial charge in [0, 0.05) is 0 Å². The molecule has 0 radical (unpaired) electrons. The maximum Gasteiger partial charge on any atom is 0.222 e. The van der Waals surface area contributed by atoms with Crippen LogP contribution in [0.3, 0.4) is 0 Å². The van der Waals surface area contributed by atoms with Gasteiger partial charge in [-0.25, -0.2) is 4.68 Å². The van der Waals surface area contributed by atoms with E-state index in [1.54, 1.807) is 7.11 Å². The third-order valence-corrected chi connectivity index (χ3v) is 2.70. The number of fused-ring (bicyclic) bond motifs is 1. The van der Waals surface area contributed by atoms with Gasteiger partial charge in [0.15, 0.2) is 0 Å². The summed E-state index contributed by atoms with van der Waals surface area (Å²) in [7, 11) is 1.66. The van der Waals surface area contributed by atoms with Gasteiger partial charge in [0.1, 0.15) is 0 Å². The van der Waals surface area contributed by atoms with E-state index < -0.39 is 0 Å². The molecule has 0 saturated heterocycles. The molecular weight excluding hydrogens is 204 g/mol. The molecule has 1 aromatic carbocycles. The van der Waals surface area contributed by atoms with Gasteiger partial charge in [0.05, 0.1) is 37.3 Å². The second-order valence-corrected chi connectivity index (χ2v) is 3.67. The number of methoxy groups -OCH3 is 1. The molecule has 4 heteroatoms. The molecular formula is C12H12N2O2. The predicted octanol–water partition coefficient (Wildman–Crippen LogP) is 1.91. The Labute approximate surface area is 93.4 Å². The van der Waals surface area contributed by atoms with Crippen molar-refractivity contribution in [2.75, 3.05) is 7.11 Å². The number of aromatic nitrogens is 2. The molecule has 0 spiro atoms. The molecule has 0 atom stereocenters. The van der Waals surface area contributed by atoms with E-state index in [2.05, 4.69) is 5.10 Å². The summed E-state index contributed by atoms with van der Waals surface area (Å²) in [4.78, 5) is 0. The van der Waals surface area contributed by atoms with Crippen molar-refractivity contribution >= 4 is 0 Å². The molecule has 82 valence electrons. The van der Waals surface area contributed by atoms with Crippen molar-refractivity contribution in [2.45, 2.75) is 13.2 Å². The van der Waals surface area contributed by atoms with Crippen molar-refractivity contribution < 1.29 is 9.47 Å². The number of benzene rings is 1. The molecule has 4 nitrogen and oxygen atoms in total. The monoisotopic (exact) mass is 216 g/mol. The summed E-state index contributed by atoms with van der Waals surface area (Å²) < 4.78 is 12.6. The summed E-state index contributed by atoms with van der Waals surface area (Å²) >= 11 is 0. The molecule has 2 heterocycles. The van der Waals surface area contributed by atoms with Crippen LogP contribution in [0.4, 0.5) is 0 Å². The molecule has 1 aromatic heterocycles. The Bertz CT molecular complexity index is 505. The fraction of sp³-hybridized carbons (Fsp3) is 0.250. The Morgan fingerprint density at radius 3 is 2.81 bits per heavy atom. The van der Waals surface area contributed by atoms with Crippen molar-refractivity contribution in [1.82, 2.24) is 9.78 Å². The normalized spacial score (nSPS) is 13.8. The maximum atomic E-state index is 5.40. The molecule has 3 rings (SSSR count). The smallest absolute Gasteiger partial charge is 0.222 e. The highest BCUT2D eigenvalue weighted by molar-refractivity contribution is 5.41. The van der Waals surface area contributed by atoms with Gasteiger partial charge in [0.25, 0.3) is 0 Å². The van der Waals surface area contributed by atoms with E-state index in [-0.39, 0.29) is 0 Å². The van der Waals surface area contributed by atoms with Crippen LogP contribution in [0, 0.1) is 0 Å². The number of rotatable bonds is 2. The summed E-state index contributed by atoms with van der Waals surface area (Å²) in [5.74, 6) is 0.777. The van der Waals surface area contributed by atoms with E-state index in [4.69, 9.17) is 9.47 Å². The summed E-state index contributed by atoms with van der Waals surface area (Å²) in [5, 5.41) is 4.50. The lowest BCUT2D eigenvalue weighted by atomic mass is 10.3. The highest BCUT2D eigenvalue weighted by Gasteiger charge is 2.24. The average molecular weight is 216 g/mol. The number of hydrogen-bond donors (Lipinski definition) is 0. The molecule has 16 heavy (non-hydrogen) atoms. The van der Waals surface area contributed by atoms with E-state index in [0.717, 1.165) is 22.8 Å². The zero-order valence-electron chi connectivity index (χ0n) is 9.01. The summed E-state index contributed by atoms with van der Waals surface area (Å²) in [6.07, 6.45) is 0. The largest absolute Gasteiger partial charge is 0.481 e. The van der Waals surface area contributed by atoms with Crippen LogP contribution in [0.5, 0.6) is 5.88 Å². The first kappa shape index (κ1) is 9.42. The zero-order chi connectivity index (χ0) is 11.0. The number of hydrogen-bond acceptors (Lipinski definition) is 3. The van der Waals surface area contributed by atoms with Crippen molar-refractivity contribution in [3.05, 3.63) is 41.6 Å². The van der Waals surface area contributed by atoms with Gasteiger partial charge < -0.3 is 9.47 Å². The first-order valence-corrected chi connectivity index (χ1v) is 5.18. The highest BCUT2D eigenvalue weighted by Crippen LogP contribution is 2.30. The van der Waals surface area contributed by atoms with E-state index in [9.17, 15) is 0 Å². The van der Waals surface area contributed by atoms with Crippen LogP contribution in [0.15, 0.2) is 30.3 Å². The lowest BCUT2D eigenvalue weighted by Crippen LogP contribution is -2.01. The quantitative estimate of drug-likeness (QED) is 0.769. The van der Waals surface area contributed by atoms with Crippen LogP contribution in [0.25, 0.3) is 5.69 Å². The fourth-order valence-electron chi connectivity index (χ4n) is 1.94. The molecule has 0 unspecified atom stereocenters. The fourth-order valence-corrected chi connectivity index (χ4v) is 1.94. The van der Waals surface area contributed by atoms with Crippen LogP contribution in [0.1, 0.15) is 11.3 Å². The van der Waals surface area contributed by atoms with Gasteiger partial charge in [-0.1, -0.05) is 18.2 Å². The third-order valence-electron chi connectivity index (χ3n) is 2.70. The maximum absolute atomic E-state index is 5.40. The first-order chi connectivity index (χ1) is 7.90. The molecule has 0 N–H and O–H groups in total. The van der Waals surface area contributed by atoms with Crippen LogP contribution >= 0.6 is 0 Å². The van der Waals surface area contributed by atoms with Gasteiger partial charge in [-0.3, -0.25) is 0 Å². The molecule has 2 aromatic rings. The van der Waals surface area contributed by atoms with Crippen LogP contribution < -0.4 is 4.74 Å². The minimum absolute atomic E-state index is 0.575. The summed E-state index contributed by atoms with van der Waals surface area (Å²) in [5.41, 5.74) is 3.04. The Morgan fingerprint density at radius 2 is 2.06 bits per heavy atom. The first-order valence-electron chi connectivity index (χ1n) is 5.18. The van der Waals surface area contributed by atoms with Crippen LogP contribution in [0.2, 0.25) is 0 Å². The second kappa shape index (κ2) is 3.64. The van der Waals surface area contributed by atoms with Crippen LogP contribution in [-0.4, -0.2) is 16.9 Å². The second-order valence-electron chi connectivity index (χ2n) is 3.67. The SMILES string of the molecule is COc1c2c(nn1-c1ccccc1)COC2. The van der Waals surface area contributed by atoms with Crippen LogP contribution in [-0.2, 0) is 18.0 Å². The van der Waals surface area contributed by atoms with Crippen molar-refractivity contribution in [1.29, 1.82) is 0 Å². The van der Waals surface area contributed by atoms with Gasteiger partial charge in [-0.05, 0) is 12.1 Å². The molecule has 1 aliphatic heterocycles. The van der Waals surface area contributed by atoms with Crippen molar-refractivity contribution in [2.24, 2.45) is 0 Å². The van der Waals surface area contributed by atoms with Crippen molar-refractivity contribution in [3.8, 4) is 11.6 Å². The predicted molar refractivity (Wildman–Crippen MR) is 58.6 cm³/mol. The molecule has 0 saturated carbocycles. The topological polar surface area (TPSA) is 36.3 Å². The number of para-hydroxylation sites is 1. The molecule has 0 bridgehead atoms. The average Bonchev–Trinajstić information content (AvgIpc) is 2.89. The Hall–Kier alpha value is -1.81. The Morgan fingerprint density at radius 1 is 1.25 bits per heavy atom. The van der Waals surface area contributed by atoms with Crippen molar-refractivity contribution in [3.63, 3.8) is 0 Å². The van der Waals surface area contributed by atoms with E-state index >= 15 is 0 Å². The van der Waals surface area contributed by atoms with E-state index in [1.165, 1.54) is 0 Å². The molecule has 0 amide bonds. The summed E-state index contributed by atoms with van der Waals surface area (Å²) in [6, 6.07) is 9.96. The van der Waals surface area contributed by atoms with Gasteiger partial charge in [0.2, 0.25) is 5.88 Å². The standard InChI is InChI=1S/C12H12N2O2/c1-15-12-10-7-16-8-11(10)13-14(12)9-5-3-2-4-6-9/h2-6H,7-8H2,1H3. The third kappa shape index (κ3) is 1.31. The Kier molecular flexibility index (Phi) is 2.15. The lowest BCUT2D eigenvalue weighted by Gasteiger charge is -2.07. The lowest BCUT2D eigenvalue weighted by molar-refractivity contribution is 0.129. The molecule has 1 aliphatic rings. The number of ether oxygens (including phenoxy) is 2. The van der Waals surface area contributed by atoms with E-state index in [1.807, 2.05) is 35.0 Å². The van der Waals surface area contributed by atoms with Gasteiger partial charge >= 0.3 is 0 Å². The highest BCUT2D eigenvalue weighted by atomic mass is 16.5. The van der Waals surface area contributed by atoms with E-state index in [0.29, 0.717) is 13.2 Å². The molecule has 0 fully saturated rings. The number of nitrogens with zero attached hydrogens (tertiary/aromatic N) is 2. The Balaban J connectivity index is 2.15. The minimum Gasteiger partial charge on any atom is -0.481 e. The zero-order valence-corrected chi connectivity index (χ0v) is 9.01. The van der Waals surface area contributed by atoms with Gasteiger partial charge in [-0.2, -0.15) is 5.10 Å².